The van der Waals surface area contributed by atoms with Crippen LogP contribution in [0.1, 0.15) is 27.2 Å². The molecule has 4 nitrogen and oxygen atoms in total. The summed E-state index contributed by atoms with van der Waals surface area (Å²) in [6.07, 6.45) is -0.491. The Morgan fingerprint density at radius 2 is 1.62 bits per heavy atom. The van der Waals surface area contributed by atoms with Gasteiger partial charge in [0.25, 0.3) is 0 Å². The fourth-order valence-corrected chi connectivity index (χ4v) is 1.02. The van der Waals surface area contributed by atoms with E-state index in [1.54, 1.807) is 20.8 Å². The molecule has 0 fully saturated rings. The lowest BCUT2D eigenvalue weighted by atomic mass is 9.78. The maximum absolute atomic E-state index is 10.9. The summed E-state index contributed by atoms with van der Waals surface area (Å²) in [5.74, 6) is -2.36. The molecule has 13 heavy (non-hydrogen) atoms. The molecule has 0 aromatic rings. The van der Waals surface area contributed by atoms with Crippen molar-refractivity contribution < 1.29 is 19.8 Å². The third-order valence-corrected chi connectivity index (χ3v) is 3.02. The Balaban J connectivity index is 4.96. The Kier molecular flexibility index (Phi) is 3.38. The van der Waals surface area contributed by atoms with Crippen LogP contribution in [0.25, 0.3) is 0 Å². The zero-order valence-electron chi connectivity index (χ0n) is 7.87. The van der Waals surface area contributed by atoms with Crippen molar-refractivity contribution in [3.8, 4) is 0 Å². The predicted octanol–water partition coefficient (Wildman–Crippen LogP) is 1.26. The van der Waals surface area contributed by atoms with Crippen LogP contribution in [0.2, 0.25) is 0 Å². The Hall–Kier alpha value is -0.710. The van der Waals surface area contributed by atoms with E-state index < -0.39 is 28.5 Å². The van der Waals surface area contributed by atoms with Crippen LogP contribution in [0.3, 0.4) is 0 Å². The molecule has 0 aliphatic heterocycles. The third-order valence-electron chi connectivity index (χ3n) is 2.00. The topological polar surface area (TPSA) is 74.6 Å². The Morgan fingerprint density at radius 3 is 1.69 bits per heavy atom. The number of carboxylic acid groups (broad SMARTS) is 2. The zero-order valence-corrected chi connectivity index (χ0v) is 8.76. The van der Waals surface area contributed by atoms with Crippen molar-refractivity contribution in [1.29, 1.82) is 0 Å². The van der Waals surface area contributed by atoms with Crippen LogP contribution >= 0.6 is 12.6 Å². The Bertz CT molecular complexity index is 231. The van der Waals surface area contributed by atoms with Crippen LogP contribution in [0.5, 0.6) is 0 Å². The van der Waals surface area contributed by atoms with Crippen LogP contribution in [0.15, 0.2) is 0 Å². The van der Waals surface area contributed by atoms with Gasteiger partial charge in [0.15, 0.2) is 0 Å². The van der Waals surface area contributed by atoms with Crippen molar-refractivity contribution in [3.63, 3.8) is 0 Å². The molecule has 0 aliphatic rings. The number of rotatable bonds is 3. The highest BCUT2D eigenvalue weighted by Crippen LogP contribution is 2.39. The summed E-state index contributed by atoms with van der Waals surface area (Å²) in [5.41, 5.74) is -0.708. The molecule has 0 aromatic heterocycles. The van der Waals surface area contributed by atoms with Crippen LogP contribution in [0.4, 0.5) is 0 Å². The van der Waals surface area contributed by atoms with Crippen molar-refractivity contribution in [2.75, 3.05) is 0 Å². The average molecular weight is 206 g/mol. The van der Waals surface area contributed by atoms with Gasteiger partial charge in [0.2, 0.25) is 0 Å². The van der Waals surface area contributed by atoms with Crippen molar-refractivity contribution >= 4 is 24.6 Å². The van der Waals surface area contributed by atoms with E-state index in [4.69, 9.17) is 10.2 Å². The van der Waals surface area contributed by atoms with Crippen LogP contribution in [-0.4, -0.2) is 26.9 Å². The van der Waals surface area contributed by atoms with E-state index >= 15 is 0 Å². The van der Waals surface area contributed by atoms with Gasteiger partial charge in [-0.25, -0.2) is 0 Å². The Labute approximate surface area is 82.4 Å². The maximum Gasteiger partial charge on any atom is 0.320 e. The summed E-state index contributed by atoms with van der Waals surface area (Å²) in [6, 6.07) is 0. The highest BCUT2D eigenvalue weighted by molar-refractivity contribution is 7.82. The van der Waals surface area contributed by atoms with Gasteiger partial charge in [0, 0.05) is 0 Å². The molecule has 1 unspecified atom stereocenters. The number of hydrogen-bond donors (Lipinski definition) is 3. The first kappa shape index (κ1) is 12.3. The second-order valence-electron chi connectivity index (χ2n) is 3.99. The molecule has 76 valence electrons. The zero-order chi connectivity index (χ0) is 10.9. The van der Waals surface area contributed by atoms with Crippen molar-refractivity contribution in [1.82, 2.24) is 0 Å². The lowest BCUT2D eigenvalue weighted by molar-refractivity contribution is -0.149. The highest BCUT2D eigenvalue weighted by Gasteiger charge is 2.47. The smallest absolute Gasteiger partial charge is 0.320 e. The fraction of sp³-hybridized carbons (Fsp3) is 0.750. The number of aliphatic carboxylic acids is 2. The molecule has 0 aromatic carbocycles. The monoisotopic (exact) mass is 206 g/mol. The first-order valence-electron chi connectivity index (χ1n) is 3.79. The minimum atomic E-state index is -1.53. The summed E-state index contributed by atoms with van der Waals surface area (Å²) in [4.78, 5) is 21.3. The summed E-state index contributed by atoms with van der Waals surface area (Å²) in [7, 11) is 0. The van der Waals surface area contributed by atoms with E-state index in [0.717, 1.165) is 0 Å². The van der Waals surface area contributed by atoms with Crippen LogP contribution in [-0.2, 0) is 9.59 Å². The van der Waals surface area contributed by atoms with Crippen LogP contribution < -0.4 is 0 Å². The highest BCUT2D eigenvalue weighted by atomic mass is 32.1. The van der Waals surface area contributed by atoms with E-state index in [9.17, 15) is 9.59 Å². The van der Waals surface area contributed by atoms with Crippen LogP contribution in [0, 0.1) is 5.41 Å². The van der Waals surface area contributed by atoms with Gasteiger partial charge < -0.3 is 10.2 Å². The van der Waals surface area contributed by atoms with Gasteiger partial charge in [0.05, 0.1) is 6.42 Å². The average Bonchev–Trinajstić information content (AvgIpc) is 1.82. The molecular formula is C8H14O4S. The fourth-order valence-electron chi connectivity index (χ4n) is 0.880. The largest absolute Gasteiger partial charge is 0.481 e. The first-order chi connectivity index (χ1) is 5.61. The molecule has 0 amide bonds. The lowest BCUT2D eigenvalue weighted by Crippen LogP contribution is -2.46. The summed E-state index contributed by atoms with van der Waals surface area (Å²) in [5, 5.41) is 17.4. The third kappa shape index (κ3) is 2.62. The summed E-state index contributed by atoms with van der Waals surface area (Å²) in [6.45, 7) is 4.95. The number of carbonyl (C=O) groups is 2. The quantitative estimate of drug-likeness (QED) is 0.608. The van der Waals surface area contributed by atoms with Crippen molar-refractivity contribution in [2.45, 2.75) is 31.9 Å². The first-order valence-corrected chi connectivity index (χ1v) is 4.23. The normalized spacial score (nSPS) is 16.3. The Morgan fingerprint density at radius 1 is 1.23 bits per heavy atom. The summed E-state index contributed by atoms with van der Waals surface area (Å²) >= 11 is 3.95. The predicted molar refractivity (Wildman–Crippen MR) is 51.1 cm³/mol. The lowest BCUT2D eigenvalue weighted by Gasteiger charge is -2.35. The molecule has 0 bridgehead atoms. The SMILES string of the molecule is CC(C)(C)C(S)(CC(=O)O)C(=O)O. The number of hydrogen-bond acceptors (Lipinski definition) is 3. The standard InChI is InChI=1S/C8H14O4S/c1-7(2,3)8(13,6(11)12)4-5(9)10/h13H,4H2,1-3H3,(H,9,10)(H,11,12). The number of carboxylic acids is 2. The van der Waals surface area contributed by atoms with Gasteiger partial charge in [-0.3, -0.25) is 9.59 Å². The molecule has 0 heterocycles. The van der Waals surface area contributed by atoms with Gasteiger partial charge in [-0.05, 0) is 5.41 Å². The second-order valence-corrected chi connectivity index (χ2v) is 4.75. The van der Waals surface area contributed by atoms with Gasteiger partial charge in [-0.1, -0.05) is 20.8 Å². The molecule has 0 spiro atoms. The van der Waals surface area contributed by atoms with E-state index in [1.165, 1.54) is 0 Å². The van der Waals surface area contributed by atoms with E-state index in [-0.39, 0.29) is 0 Å². The van der Waals surface area contributed by atoms with E-state index in [2.05, 4.69) is 12.6 Å². The number of thiol groups is 1. The molecule has 2 N–H and O–H groups in total. The maximum atomic E-state index is 10.9. The van der Waals surface area contributed by atoms with Crippen molar-refractivity contribution in [3.05, 3.63) is 0 Å². The van der Waals surface area contributed by atoms with Gasteiger partial charge in [-0.15, -0.1) is 0 Å². The molecule has 0 rings (SSSR count). The molecule has 0 saturated carbocycles. The molecule has 5 heteroatoms. The van der Waals surface area contributed by atoms with Gasteiger partial charge in [0.1, 0.15) is 4.75 Å². The van der Waals surface area contributed by atoms with Gasteiger partial charge >= 0.3 is 11.9 Å². The minimum Gasteiger partial charge on any atom is -0.481 e. The van der Waals surface area contributed by atoms with E-state index in [0.29, 0.717) is 0 Å². The second kappa shape index (κ2) is 3.57. The van der Waals surface area contributed by atoms with Crippen molar-refractivity contribution in [2.24, 2.45) is 5.41 Å². The molecule has 0 radical (unpaired) electrons. The van der Waals surface area contributed by atoms with E-state index in [1.807, 2.05) is 0 Å². The minimum absolute atomic E-state index is 0.491. The molecule has 0 aliphatic carbocycles. The molecule has 1 atom stereocenters. The molecular weight excluding hydrogens is 192 g/mol. The summed E-state index contributed by atoms with van der Waals surface area (Å²) < 4.78 is -1.53. The molecule has 0 saturated heterocycles. The van der Waals surface area contributed by atoms with Gasteiger partial charge in [-0.2, -0.15) is 12.6 Å².